The summed E-state index contributed by atoms with van der Waals surface area (Å²) in [5.41, 5.74) is 0. The molecule has 0 saturated carbocycles. The zero-order valence-corrected chi connectivity index (χ0v) is 12.2. The first-order chi connectivity index (χ1) is 10.4. The molecule has 2 rings (SSSR count). The molecule has 0 amide bonds. The Morgan fingerprint density at radius 1 is 0.864 bits per heavy atom. The van der Waals surface area contributed by atoms with Crippen LogP contribution in [0.25, 0.3) is 10.8 Å². The zero-order chi connectivity index (χ0) is 16.3. The van der Waals surface area contributed by atoms with E-state index in [0.717, 1.165) is 0 Å². The fourth-order valence-electron chi connectivity index (χ4n) is 1.90. The number of pyridine rings is 1. The average Bonchev–Trinajstić information content (AvgIpc) is 2.41. The van der Waals surface area contributed by atoms with E-state index in [2.05, 4.69) is 4.98 Å². The maximum absolute atomic E-state index is 11.3. The number of hydrogen-bond donors (Lipinski definition) is 0. The highest BCUT2D eigenvalue weighted by Crippen LogP contribution is 2.41. The second-order valence-corrected chi connectivity index (χ2v) is 4.40. The third-order valence-corrected chi connectivity index (χ3v) is 2.57. The van der Waals surface area contributed by atoms with Crippen LogP contribution in [-0.2, 0) is 14.4 Å². The molecule has 0 unspecified atom stereocenters. The van der Waals surface area contributed by atoms with Gasteiger partial charge in [0.15, 0.2) is 11.5 Å². The Kier molecular flexibility index (Phi) is 4.36. The Morgan fingerprint density at radius 2 is 1.45 bits per heavy atom. The molecule has 114 valence electrons. The molecule has 0 N–H and O–H groups in total. The Balaban J connectivity index is 2.74. The molecule has 1 heterocycles. The zero-order valence-electron chi connectivity index (χ0n) is 12.2. The molecule has 1 aromatic carbocycles. The van der Waals surface area contributed by atoms with E-state index in [1.165, 1.54) is 39.2 Å². The number of ether oxygens (including phenoxy) is 3. The van der Waals surface area contributed by atoms with Crippen LogP contribution >= 0.6 is 0 Å². The van der Waals surface area contributed by atoms with Crippen molar-refractivity contribution >= 4 is 28.7 Å². The fourth-order valence-corrected chi connectivity index (χ4v) is 1.90. The minimum Gasteiger partial charge on any atom is -0.426 e. The van der Waals surface area contributed by atoms with Crippen molar-refractivity contribution in [2.45, 2.75) is 20.8 Å². The number of fused-ring (bicyclic) bond motifs is 1. The van der Waals surface area contributed by atoms with Crippen LogP contribution in [0.1, 0.15) is 20.8 Å². The maximum Gasteiger partial charge on any atom is 0.308 e. The highest BCUT2D eigenvalue weighted by atomic mass is 16.6. The first kappa shape index (κ1) is 15.4. The van der Waals surface area contributed by atoms with Gasteiger partial charge in [-0.25, -0.2) is 0 Å². The lowest BCUT2D eigenvalue weighted by Crippen LogP contribution is -2.09. The number of carbonyl (C=O) groups is 3. The van der Waals surface area contributed by atoms with Crippen LogP contribution in [0, 0.1) is 0 Å². The molecule has 0 bridgehead atoms. The summed E-state index contributed by atoms with van der Waals surface area (Å²) in [4.78, 5) is 37.7. The van der Waals surface area contributed by atoms with Crippen molar-refractivity contribution in [2.75, 3.05) is 0 Å². The molecule has 2 aromatic rings. The second kappa shape index (κ2) is 6.21. The van der Waals surface area contributed by atoms with Gasteiger partial charge in [-0.1, -0.05) is 0 Å². The van der Waals surface area contributed by atoms with Crippen molar-refractivity contribution in [3.63, 3.8) is 0 Å². The lowest BCUT2D eigenvalue weighted by Gasteiger charge is -2.14. The molecular weight excluding hydrogens is 290 g/mol. The van der Waals surface area contributed by atoms with Crippen LogP contribution in [-0.4, -0.2) is 22.9 Å². The quantitative estimate of drug-likeness (QED) is 0.632. The van der Waals surface area contributed by atoms with Gasteiger partial charge in [-0.15, -0.1) is 0 Å². The minimum absolute atomic E-state index is 0.0283. The molecule has 0 aliphatic rings. The van der Waals surface area contributed by atoms with Crippen molar-refractivity contribution in [1.29, 1.82) is 0 Å². The number of benzene rings is 1. The summed E-state index contributed by atoms with van der Waals surface area (Å²) in [6.07, 6.45) is 2.92. The lowest BCUT2D eigenvalue weighted by molar-refractivity contribution is -0.134. The van der Waals surface area contributed by atoms with E-state index in [1.54, 1.807) is 6.07 Å². The van der Waals surface area contributed by atoms with Gasteiger partial charge in [-0.2, -0.15) is 0 Å². The van der Waals surface area contributed by atoms with E-state index in [4.69, 9.17) is 14.2 Å². The average molecular weight is 303 g/mol. The number of nitrogens with zero attached hydrogens (tertiary/aromatic N) is 1. The summed E-state index contributed by atoms with van der Waals surface area (Å²) in [7, 11) is 0. The molecule has 22 heavy (non-hydrogen) atoms. The molecule has 7 heteroatoms. The van der Waals surface area contributed by atoms with Crippen LogP contribution in [0.5, 0.6) is 17.2 Å². The summed E-state index contributed by atoms with van der Waals surface area (Å²) < 4.78 is 15.3. The van der Waals surface area contributed by atoms with Crippen molar-refractivity contribution in [2.24, 2.45) is 0 Å². The first-order valence-electron chi connectivity index (χ1n) is 6.34. The smallest absolute Gasteiger partial charge is 0.308 e. The third kappa shape index (κ3) is 3.38. The SMILES string of the molecule is CC(=O)Oc1cc(OC(C)=O)c2ccncc2c1OC(C)=O. The molecule has 0 aliphatic carbocycles. The van der Waals surface area contributed by atoms with E-state index in [9.17, 15) is 14.4 Å². The molecule has 0 spiro atoms. The number of esters is 3. The molecule has 0 saturated heterocycles. The van der Waals surface area contributed by atoms with Gasteiger partial charge in [0.25, 0.3) is 0 Å². The molecule has 7 nitrogen and oxygen atoms in total. The lowest BCUT2D eigenvalue weighted by atomic mass is 10.1. The van der Waals surface area contributed by atoms with Crippen molar-refractivity contribution in [3.05, 3.63) is 24.5 Å². The van der Waals surface area contributed by atoms with Crippen LogP contribution in [0.4, 0.5) is 0 Å². The summed E-state index contributed by atoms with van der Waals surface area (Å²) >= 11 is 0. The van der Waals surface area contributed by atoms with E-state index in [0.29, 0.717) is 10.8 Å². The predicted octanol–water partition coefficient (Wildman–Crippen LogP) is 2.01. The summed E-state index contributed by atoms with van der Waals surface area (Å²) in [6, 6.07) is 2.92. The van der Waals surface area contributed by atoms with Crippen molar-refractivity contribution in [1.82, 2.24) is 4.98 Å². The second-order valence-electron chi connectivity index (χ2n) is 4.40. The number of aromatic nitrogens is 1. The van der Waals surface area contributed by atoms with Gasteiger partial charge < -0.3 is 14.2 Å². The van der Waals surface area contributed by atoms with E-state index < -0.39 is 17.9 Å². The van der Waals surface area contributed by atoms with E-state index >= 15 is 0 Å². The summed E-state index contributed by atoms with van der Waals surface area (Å²) in [5, 5.41) is 0.880. The largest absolute Gasteiger partial charge is 0.426 e. The fraction of sp³-hybridized carbons (Fsp3) is 0.200. The number of carbonyl (C=O) groups excluding carboxylic acids is 3. The highest BCUT2D eigenvalue weighted by molar-refractivity contribution is 5.98. The summed E-state index contributed by atoms with van der Waals surface area (Å²) in [6.45, 7) is 3.68. The van der Waals surface area contributed by atoms with E-state index in [1.807, 2.05) is 0 Å². The van der Waals surface area contributed by atoms with Crippen LogP contribution in [0.15, 0.2) is 24.5 Å². The van der Waals surface area contributed by atoms with Gasteiger partial charge >= 0.3 is 17.9 Å². The summed E-state index contributed by atoms with van der Waals surface area (Å²) in [5.74, 6) is -1.53. The molecule has 0 radical (unpaired) electrons. The maximum atomic E-state index is 11.3. The minimum atomic E-state index is -0.606. The van der Waals surface area contributed by atoms with Gasteiger partial charge in [0.2, 0.25) is 0 Å². The van der Waals surface area contributed by atoms with Crippen LogP contribution < -0.4 is 14.2 Å². The van der Waals surface area contributed by atoms with Crippen molar-refractivity contribution in [3.8, 4) is 17.2 Å². The number of rotatable bonds is 3. The third-order valence-electron chi connectivity index (χ3n) is 2.57. The Hall–Kier alpha value is -2.96. The Bertz CT molecular complexity index is 768. The predicted molar refractivity (Wildman–Crippen MR) is 75.7 cm³/mol. The molecule has 1 aromatic heterocycles. The first-order valence-corrected chi connectivity index (χ1v) is 6.34. The highest BCUT2D eigenvalue weighted by Gasteiger charge is 2.19. The van der Waals surface area contributed by atoms with Gasteiger partial charge in [0, 0.05) is 44.6 Å². The topological polar surface area (TPSA) is 91.8 Å². The van der Waals surface area contributed by atoms with Gasteiger partial charge in [-0.3, -0.25) is 19.4 Å². The monoisotopic (exact) mass is 303 g/mol. The Labute approximate surface area is 125 Å². The van der Waals surface area contributed by atoms with Gasteiger partial charge in [0.05, 0.1) is 5.39 Å². The van der Waals surface area contributed by atoms with Crippen LogP contribution in [0.3, 0.4) is 0 Å². The van der Waals surface area contributed by atoms with Gasteiger partial charge in [-0.05, 0) is 6.07 Å². The molecule has 0 fully saturated rings. The molecular formula is C15H13NO6. The molecule has 0 atom stereocenters. The van der Waals surface area contributed by atoms with Crippen molar-refractivity contribution < 1.29 is 28.6 Å². The normalized spacial score (nSPS) is 10.1. The van der Waals surface area contributed by atoms with Crippen LogP contribution in [0.2, 0.25) is 0 Å². The van der Waals surface area contributed by atoms with Gasteiger partial charge in [0.1, 0.15) is 5.75 Å². The standard InChI is InChI=1S/C15H13NO6/c1-8(17)20-13-6-14(21-9(2)18)15(22-10(3)19)12-7-16-5-4-11(12)13/h4-7H,1-3H3. The van der Waals surface area contributed by atoms with E-state index in [-0.39, 0.29) is 17.2 Å². The number of hydrogen-bond acceptors (Lipinski definition) is 7. The Morgan fingerprint density at radius 3 is 2.05 bits per heavy atom. The molecule has 0 aliphatic heterocycles.